The zero-order valence-electron chi connectivity index (χ0n) is 24.6. The molecule has 1 amide bonds. The van der Waals surface area contributed by atoms with Gasteiger partial charge in [0.1, 0.15) is 6.10 Å². The molecule has 0 aliphatic carbocycles. The third-order valence-corrected chi connectivity index (χ3v) is 5.98. The lowest BCUT2D eigenvalue weighted by atomic mass is 10.1. The molecule has 11 nitrogen and oxygen atoms in total. The maximum absolute atomic E-state index is 11.9. The highest BCUT2D eigenvalue weighted by atomic mass is 16.7. The number of nitrogens with one attached hydrogen (secondary N) is 1. The molecule has 4 N–H and O–H groups in total. The van der Waals surface area contributed by atoms with Crippen molar-refractivity contribution < 1.29 is 43.2 Å². The van der Waals surface area contributed by atoms with Crippen LogP contribution in [0, 0.1) is 0 Å². The molecular formula is C28H54N2O9. The lowest BCUT2D eigenvalue weighted by molar-refractivity contribution is -0.205. The molecule has 1 unspecified atom stereocenters. The van der Waals surface area contributed by atoms with Crippen molar-refractivity contribution in [2.24, 2.45) is 5.73 Å². The topological polar surface area (TPSA) is 156 Å². The molecule has 0 bridgehead atoms. The van der Waals surface area contributed by atoms with E-state index in [1.807, 2.05) is 6.92 Å². The predicted molar refractivity (Wildman–Crippen MR) is 148 cm³/mol. The number of ether oxygens (including phenoxy) is 5. The van der Waals surface area contributed by atoms with Gasteiger partial charge in [0.05, 0.1) is 32.5 Å². The molecule has 0 aromatic heterocycles. The first-order valence-electron chi connectivity index (χ1n) is 14.4. The highest BCUT2D eigenvalue weighted by Gasteiger charge is 2.31. The number of aliphatic hydroxyl groups is 1. The standard InChI is InChI=1S/C25H48N2O7.C3H6O2/c1-3-15-31-18-21(29)12-11-14-27-24(30)13-9-7-5-4-6-8-10-16-32-25-23(26)17-22(19-33-25)34-20(2)28;1-3(4)5-2/h21-23,25,29H,3-19,26H2,1-2H3,(H,27,30);1-2H3/t21?,22-,23-,25-;/m1./s1. The number of aliphatic hydroxyl groups excluding tert-OH is 1. The zero-order chi connectivity index (χ0) is 29.3. The lowest BCUT2D eigenvalue weighted by Crippen LogP contribution is -2.48. The average Bonchev–Trinajstić information content (AvgIpc) is 2.89. The van der Waals surface area contributed by atoms with Crippen molar-refractivity contribution in [3.63, 3.8) is 0 Å². The van der Waals surface area contributed by atoms with Crippen molar-refractivity contribution in [2.75, 3.05) is 40.1 Å². The van der Waals surface area contributed by atoms with E-state index in [0.717, 1.165) is 57.8 Å². The Morgan fingerprint density at radius 2 is 1.64 bits per heavy atom. The van der Waals surface area contributed by atoms with Gasteiger partial charge in [-0.3, -0.25) is 14.4 Å². The molecule has 1 saturated heterocycles. The Hall–Kier alpha value is -1.79. The van der Waals surface area contributed by atoms with Crippen LogP contribution >= 0.6 is 0 Å². The van der Waals surface area contributed by atoms with E-state index in [2.05, 4.69) is 10.1 Å². The minimum atomic E-state index is -0.449. The Morgan fingerprint density at radius 1 is 1.00 bits per heavy atom. The molecule has 39 heavy (non-hydrogen) atoms. The number of unbranched alkanes of at least 4 members (excludes halogenated alkanes) is 6. The van der Waals surface area contributed by atoms with Crippen molar-refractivity contribution in [1.82, 2.24) is 5.32 Å². The van der Waals surface area contributed by atoms with Crippen LogP contribution in [0.15, 0.2) is 0 Å². The fourth-order valence-electron chi connectivity index (χ4n) is 3.87. The van der Waals surface area contributed by atoms with Gasteiger partial charge in [0.25, 0.3) is 0 Å². The zero-order valence-corrected chi connectivity index (χ0v) is 24.6. The van der Waals surface area contributed by atoms with Crippen LogP contribution in [0.2, 0.25) is 0 Å². The molecule has 11 heteroatoms. The Morgan fingerprint density at radius 3 is 2.23 bits per heavy atom. The molecule has 0 saturated carbocycles. The summed E-state index contributed by atoms with van der Waals surface area (Å²) < 4.78 is 25.9. The molecule has 0 radical (unpaired) electrons. The first-order chi connectivity index (χ1) is 18.7. The van der Waals surface area contributed by atoms with Crippen LogP contribution in [0.3, 0.4) is 0 Å². The van der Waals surface area contributed by atoms with Gasteiger partial charge in [-0.15, -0.1) is 0 Å². The van der Waals surface area contributed by atoms with Gasteiger partial charge in [-0.1, -0.05) is 39.0 Å². The first kappa shape index (κ1) is 37.2. The van der Waals surface area contributed by atoms with Crippen molar-refractivity contribution >= 4 is 17.8 Å². The largest absolute Gasteiger partial charge is 0.469 e. The number of hydrogen-bond acceptors (Lipinski definition) is 10. The number of amides is 1. The summed E-state index contributed by atoms with van der Waals surface area (Å²) in [5.41, 5.74) is 6.06. The fourth-order valence-corrected chi connectivity index (χ4v) is 3.87. The third-order valence-electron chi connectivity index (χ3n) is 5.98. The summed E-state index contributed by atoms with van der Waals surface area (Å²) in [5.74, 6) is -0.471. The number of hydrogen-bond donors (Lipinski definition) is 3. The van der Waals surface area contributed by atoms with Crippen LogP contribution in [0.1, 0.15) is 97.8 Å². The van der Waals surface area contributed by atoms with E-state index in [1.165, 1.54) is 21.0 Å². The molecule has 1 aliphatic heterocycles. The molecule has 4 atom stereocenters. The molecule has 230 valence electrons. The summed E-state index contributed by atoms with van der Waals surface area (Å²) in [7, 11) is 1.35. The Labute approximate surface area is 234 Å². The second-order valence-corrected chi connectivity index (χ2v) is 9.85. The Balaban J connectivity index is 0.00000263. The second kappa shape index (κ2) is 25.2. The molecule has 0 aromatic carbocycles. The van der Waals surface area contributed by atoms with Gasteiger partial charge in [-0.2, -0.15) is 0 Å². The van der Waals surface area contributed by atoms with Crippen LogP contribution in [0.5, 0.6) is 0 Å². The maximum Gasteiger partial charge on any atom is 0.302 e. The van der Waals surface area contributed by atoms with Crippen molar-refractivity contribution in [3.05, 3.63) is 0 Å². The quantitative estimate of drug-likeness (QED) is 0.149. The van der Waals surface area contributed by atoms with Crippen LogP contribution in [0.4, 0.5) is 0 Å². The van der Waals surface area contributed by atoms with Crippen LogP contribution in [-0.4, -0.2) is 87.6 Å². The molecule has 1 aliphatic rings. The van der Waals surface area contributed by atoms with Crippen molar-refractivity contribution in [3.8, 4) is 0 Å². The van der Waals surface area contributed by atoms with E-state index in [1.54, 1.807) is 0 Å². The maximum atomic E-state index is 11.9. The van der Waals surface area contributed by atoms with E-state index in [9.17, 15) is 19.5 Å². The summed E-state index contributed by atoms with van der Waals surface area (Å²) in [5, 5.41) is 12.7. The van der Waals surface area contributed by atoms with Crippen LogP contribution in [-0.2, 0) is 38.1 Å². The Bertz CT molecular complexity index is 636. The molecular weight excluding hydrogens is 508 g/mol. The predicted octanol–water partition coefficient (Wildman–Crippen LogP) is 2.99. The number of carbonyl (C=O) groups excluding carboxylic acids is 3. The van der Waals surface area contributed by atoms with Gasteiger partial charge < -0.3 is 39.8 Å². The van der Waals surface area contributed by atoms with Gasteiger partial charge in [0.15, 0.2) is 6.29 Å². The Kier molecular flexibility index (Phi) is 24.0. The van der Waals surface area contributed by atoms with E-state index in [0.29, 0.717) is 52.2 Å². The third kappa shape index (κ3) is 23.8. The van der Waals surface area contributed by atoms with Crippen molar-refractivity contribution in [1.29, 1.82) is 0 Å². The van der Waals surface area contributed by atoms with E-state index in [-0.39, 0.29) is 30.0 Å². The monoisotopic (exact) mass is 562 g/mol. The molecule has 1 heterocycles. The first-order valence-corrected chi connectivity index (χ1v) is 14.4. The number of carbonyl (C=O) groups is 3. The highest BCUT2D eigenvalue weighted by molar-refractivity contribution is 5.75. The SMILES string of the molecule is CCCOCC(O)CCCNC(=O)CCCCCCCCCO[C@@H]1OC[C@H](OC(C)=O)C[C@H]1N.COC(C)=O. The van der Waals surface area contributed by atoms with E-state index >= 15 is 0 Å². The van der Waals surface area contributed by atoms with Crippen molar-refractivity contribution in [2.45, 2.75) is 122 Å². The number of methoxy groups -OCH3 is 1. The minimum absolute atomic E-state index is 0.0937. The van der Waals surface area contributed by atoms with Gasteiger partial charge in [-0.25, -0.2) is 0 Å². The summed E-state index contributed by atoms with van der Waals surface area (Å²) in [6.45, 7) is 7.37. The smallest absolute Gasteiger partial charge is 0.302 e. The normalized spacial score (nSPS) is 19.4. The highest BCUT2D eigenvalue weighted by Crippen LogP contribution is 2.17. The van der Waals surface area contributed by atoms with Gasteiger partial charge in [0.2, 0.25) is 5.91 Å². The molecule has 0 aromatic rings. The van der Waals surface area contributed by atoms with Gasteiger partial charge in [-0.05, 0) is 32.1 Å². The summed E-state index contributed by atoms with van der Waals surface area (Å²) >= 11 is 0. The summed E-state index contributed by atoms with van der Waals surface area (Å²) in [4.78, 5) is 32.5. The second-order valence-electron chi connectivity index (χ2n) is 9.85. The molecule has 1 rings (SSSR count). The van der Waals surface area contributed by atoms with Gasteiger partial charge in [0, 0.05) is 46.4 Å². The number of esters is 2. The van der Waals surface area contributed by atoms with Crippen LogP contribution in [0.25, 0.3) is 0 Å². The fraction of sp³-hybridized carbons (Fsp3) is 0.893. The minimum Gasteiger partial charge on any atom is -0.469 e. The van der Waals surface area contributed by atoms with Crippen LogP contribution < -0.4 is 11.1 Å². The number of rotatable bonds is 20. The average molecular weight is 563 g/mol. The lowest BCUT2D eigenvalue weighted by Gasteiger charge is -2.33. The van der Waals surface area contributed by atoms with Gasteiger partial charge >= 0.3 is 11.9 Å². The summed E-state index contributed by atoms with van der Waals surface area (Å²) in [6, 6.07) is -0.285. The number of nitrogens with two attached hydrogens (primary N) is 1. The summed E-state index contributed by atoms with van der Waals surface area (Å²) in [6.07, 6.45) is 9.77. The van der Waals surface area contributed by atoms with E-state index in [4.69, 9.17) is 24.7 Å². The molecule has 1 fully saturated rings. The molecule has 0 spiro atoms. The van der Waals surface area contributed by atoms with E-state index < -0.39 is 12.4 Å².